The number of halogens is 3. The molecule has 3 heterocycles. The second-order valence-corrected chi connectivity index (χ2v) is 10.7. The van der Waals surface area contributed by atoms with Gasteiger partial charge in [-0.2, -0.15) is 26.5 Å². The van der Waals surface area contributed by atoms with E-state index in [9.17, 15) is 13.2 Å². The van der Waals surface area contributed by atoms with Crippen molar-refractivity contribution in [2.24, 2.45) is 0 Å². The van der Waals surface area contributed by atoms with Crippen molar-refractivity contribution >= 4 is 33.2 Å². The van der Waals surface area contributed by atoms with Crippen LogP contribution in [0.4, 0.5) is 24.5 Å². The number of hydrogen-bond donors (Lipinski definition) is 0. The Balaban J connectivity index is 0.000000235. The number of benzene rings is 4. The van der Waals surface area contributed by atoms with Crippen LogP contribution in [0, 0.1) is 40.2 Å². The minimum atomic E-state index is -4.31. The molecule has 4 aromatic carbocycles. The van der Waals surface area contributed by atoms with Gasteiger partial charge in [0.2, 0.25) is 0 Å². The van der Waals surface area contributed by atoms with E-state index in [0.717, 1.165) is 55.1 Å². The molecule has 0 radical (unpaired) electrons. The molecule has 0 unspecified atom stereocenters. The van der Waals surface area contributed by atoms with Crippen LogP contribution in [-0.2, 0) is 27.2 Å². The molecule has 5 nitrogen and oxygen atoms in total. The Bertz CT molecular complexity index is 2040. The normalized spacial score (nSPS) is 16.9. The van der Waals surface area contributed by atoms with Gasteiger partial charge in [-0.1, -0.05) is 54.1 Å². The van der Waals surface area contributed by atoms with Crippen LogP contribution in [0.5, 0.6) is 0 Å². The molecule has 2 aliphatic heterocycles. The number of aromatic nitrogens is 1. The number of anilines is 2. The summed E-state index contributed by atoms with van der Waals surface area (Å²) >= 11 is 0. The molecule has 0 N–H and O–H groups in total. The van der Waals surface area contributed by atoms with Crippen molar-refractivity contribution in [3.8, 4) is 11.1 Å². The van der Waals surface area contributed by atoms with Gasteiger partial charge >= 0.3 is 27.2 Å². The first kappa shape index (κ1) is 25.1. The Morgan fingerprint density at radius 3 is 1.87 bits per heavy atom. The summed E-state index contributed by atoms with van der Waals surface area (Å²) in [5, 5.41) is 1.31. The van der Waals surface area contributed by atoms with Crippen LogP contribution in [0.25, 0.3) is 32.9 Å². The fourth-order valence-electron chi connectivity index (χ4n) is 5.55. The Morgan fingerprint density at radius 2 is 1.31 bits per heavy atom. The zero-order valence-corrected chi connectivity index (χ0v) is 26.8. The number of nitrogens with zero attached hydrogens (tertiary/aromatic N) is 5. The molecule has 0 fully saturated rings. The average molecular weight is 793 g/mol. The molecule has 9 heteroatoms. The van der Waals surface area contributed by atoms with Crippen LogP contribution in [-0.4, -0.2) is 23.8 Å². The topological polar surface area (TPSA) is 27.1 Å². The van der Waals surface area contributed by atoms with Crippen LogP contribution in [0.2, 0.25) is 0 Å². The minimum Gasteiger partial charge on any atom is -0.657 e. The minimum absolute atomic E-state index is 0. The van der Waals surface area contributed by atoms with Crippen molar-refractivity contribution in [2.45, 2.75) is 26.9 Å². The van der Waals surface area contributed by atoms with E-state index in [2.05, 4.69) is 44.0 Å². The first-order chi connectivity index (χ1) is 23.4. The van der Waals surface area contributed by atoms with Gasteiger partial charge in [0.05, 0.1) is 5.56 Å². The van der Waals surface area contributed by atoms with E-state index >= 15 is 0 Å². The molecule has 0 atom stereocenters. The van der Waals surface area contributed by atoms with Crippen molar-refractivity contribution in [2.75, 3.05) is 23.8 Å². The van der Waals surface area contributed by atoms with E-state index in [4.69, 9.17) is 8.22 Å². The molecule has 0 aliphatic carbocycles. The van der Waals surface area contributed by atoms with E-state index < -0.39 is 25.7 Å². The number of alkyl halides is 3. The molecule has 45 heavy (non-hydrogen) atoms. The number of rotatable bonds is 3. The van der Waals surface area contributed by atoms with E-state index in [1.807, 2.05) is 18.2 Å². The van der Waals surface area contributed by atoms with Crippen LogP contribution in [0.15, 0.2) is 91.5 Å². The van der Waals surface area contributed by atoms with E-state index in [0.29, 0.717) is 22.3 Å². The van der Waals surface area contributed by atoms with Crippen LogP contribution in [0.3, 0.4) is 0 Å². The second kappa shape index (κ2) is 12.7. The molecule has 0 amide bonds. The number of aryl methyl sites for hydroxylation is 3. The van der Waals surface area contributed by atoms with E-state index in [-0.39, 0.29) is 21.1 Å². The quantitative estimate of drug-likeness (QED) is 0.171. The molecule has 0 saturated carbocycles. The molecule has 2 aliphatic rings. The van der Waals surface area contributed by atoms with Crippen LogP contribution >= 0.6 is 0 Å². The molecular weight excluding hydrogens is 755 g/mol. The summed E-state index contributed by atoms with van der Waals surface area (Å²) in [6.45, 7) is 4.59. The van der Waals surface area contributed by atoms with Crippen molar-refractivity contribution in [3.05, 3.63) is 133 Å². The summed E-state index contributed by atoms with van der Waals surface area (Å²) in [6, 6.07) is 22.3. The number of para-hydroxylation sites is 1. The molecule has 0 spiro atoms. The molecule has 0 bridgehead atoms. The fraction of sp³-hybridized carbons (Fsp3) is 0.167. The van der Waals surface area contributed by atoms with Gasteiger partial charge in [0.25, 0.3) is 0 Å². The van der Waals surface area contributed by atoms with Gasteiger partial charge in [-0.15, -0.1) is 46.2 Å². The van der Waals surface area contributed by atoms with Crippen LogP contribution in [0.1, 0.15) is 30.5 Å². The molecule has 232 valence electrons. The maximum Gasteiger partial charge on any atom is 4.00 e. The Hall–Kier alpha value is -4.16. The monoisotopic (exact) mass is 792 g/mol. The third-order valence-electron chi connectivity index (χ3n) is 7.39. The summed E-state index contributed by atoms with van der Waals surface area (Å²) in [5.74, 6) is 0. The summed E-state index contributed by atoms with van der Waals surface area (Å²) in [4.78, 5) is 9.98. The maximum absolute atomic E-state index is 12.6. The van der Waals surface area contributed by atoms with Crippen LogP contribution < -0.4 is 14.8 Å². The van der Waals surface area contributed by atoms with Gasteiger partial charge in [0, 0.05) is 8.22 Å². The molecule has 1 aromatic heterocycles. The van der Waals surface area contributed by atoms with Crippen molar-refractivity contribution in [1.29, 1.82) is 0 Å². The van der Waals surface area contributed by atoms with Gasteiger partial charge in [0.1, 0.15) is 0 Å². The number of hydrogen-bond acceptors (Lipinski definition) is 4. The Labute approximate surface area is 284 Å². The maximum atomic E-state index is 12.6. The molecule has 0 saturated heterocycles. The third-order valence-corrected chi connectivity index (χ3v) is 7.39. The second-order valence-electron chi connectivity index (χ2n) is 10.7. The predicted molar refractivity (Wildman–Crippen MR) is 172 cm³/mol. The standard InChI is InChI=1S/C23H25N4.C13H7F3N.Pt/c1-17-10-18(2)23(19(3)11-17)20-12-21(26-8-6-24(4)15-26)14-22(13-20)27-9-7-25(5)16-27;14-13(15,16)8-5-6-12-10(7-8)9-3-1-2-4-11(9)17-12;/h6-13,15-16H,1-5H3;1-7H;/q-3;-1;+4/i4D3,5D3;;. The fourth-order valence-corrected chi connectivity index (χ4v) is 5.55. The van der Waals surface area contributed by atoms with Gasteiger partial charge in [-0.05, 0) is 93.1 Å². The van der Waals surface area contributed by atoms with Gasteiger partial charge < -0.3 is 24.6 Å². The first-order valence-corrected chi connectivity index (χ1v) is 13.8. The van der Waals surface area contributed by atoms with Crippen molar-refractivity contribution < 1.29 is 42.5 Å². The van der Waals surface area contributed by atoms with E-state index in [1.54, 1.807) is 40.4 Å². The average Bonchev–Trinajstić information content (AvgIpc) is 3.79. The number of fused-ring (bicyclic) bond motifs is 3. The SMILES string of the molecule is FC(F)(F)c1ccc2[n-]c3ccccc3c2c1.[2H]C([2H])([2H])N1C=CN(c2[c-]c(N3C=CN(C([2H])([2H])[2H])[CH-]3)cc(-c3c(C)cc(C)cc3C)c2)[CH-]1.[Pt+4]. The first-order valence-electron chi connectivity index (χ1n) is 16.8. The Kier molecular flexibility index (Phi) is 7.07. The van der Waals surface area contributed by atoms with Crippen molar-refractivity contribution in [1.82, 2.24) is 14.8 Å². The molecular formula is C36H32F3N5Pt. The predicted octanol–water partition coefficient (Wildman–Crippen LogP) is 8.73. The zero-order valence-electron chi connectivity index (χ0n) is 30.5. The largest absolute Gasteiger partial charge is 4.00 e. The summed E-state index contributed by atoms with van der Waals surface area (Å²) in [5.41, 5.74) is 7.37. The van der Waals surface area contributed by atoms with Crippen molar-refractivity contribution in [3.63, 3.8) is 0 Å². The summed E-state index contributed by atoms with van der Waals surface area (Å²) in [6.07, 6.45) is 2.01. The summed E-state index contributed by atoms with van der Waals surface area (Å²) in [7, 11) is 0. The molecule has 7 rings (SSSR count). The smallest absolute Gasteiger partial charge is 0.657 e. The third kappa shape index (κ3) is 6.76. The van der Waals surface area contributed by atoms with E-state index in [1.165, 1.54) is 37.4 Å². The van der Waals surface area contributed by atoms with Gasteiger partial charge in [0.15, 0.2) is 0 Å². The Morgan fingerprint density at radius 1 is 0.733 bits per heavy atom. The zero-order chi connectivity index (χ0) is 36.2. The van der Waals surface area contributed by atoms with Gasteiger partial charge in [-0.25, -0.2) is 0 Å². The summed E-state index contributed by atoms with van der Waals surface area (Å²) < 4.78 is 83.7. The molecule has 5 aromatic rings. The van der Waals surface area contributed by atoms with Gasteiger partial charge in [-0.3, -0.25) is 0 Å².